The van der Waals surface area contributed by atoms with E-state index < -0.39 is 0 Å². The van der Waals surface area contributed by atoms with Gasteiger partial charge in [-0.05, 0) is 35.9 Å². The summed E-state index contributed by atoms with van der Waals surface area (Å²) in [4.78, 5) is 7.56. The van der Waals surface area contributed by atoms with Gasteiger partial charge in [0.2, 0.25) is 0 Å². The fraction of sp³-hybridized carbons (Fsp3) is 0.0625. The number of aryl methyl sites for hydroxylation is 1. The van der Waals surface area contributed by atoms with Crippen molar-refractivity contribution in [2.24, 2.45) is 7.05 Å². The fourth-order valence-corrected chi connectivity index (χ4v) is 2.64. The average Bonchev–Trinajstić information content (AvgIpc) is 3.03. The molecule has 3 heteroatoms. The van der Waals surface area contributed by atoms with Crippen LogP contribution in [-0.4, -0.2) is 14.5 Å². The number of rotatable bonds is 1. The third-order valence-electron chi connectivity index (χ3n) is 3.65. The first kappa shape index (κ1) is 10.4. The topological polar surface area (TPSA) is 33.6 Å². The molecule has 4 aromatic rings. The third kappa shape index (κ3) is 1.48. The molecule has 3 heterocycles. The van der Waals surface area contributed by atoms with E-state index in [1.54, 1.807) is 0 Å². The Kier molecular flexibility index (Phi) is 2.03. The van der Waals surface area contributed by atoms with Crippen molar-refractivity contribution in [2.75, 3.05) is 0 Å². The Morgan fingerprint density at radius 1 is 1.16 bits per heavy atom. The van der Waals surface area contributed by atoms with E-state index >= 15 is 0 Å². The van der Waals surface area contributed by atoms with Crippen molar-refractivity contribution in [3.63, 3.8) is 0 Å². The number of fused-ring (bicyclic) bond motifs is 2. The van der Waals surface area contributed by atoms with Gasteiger partial charge in [0.1, 0.15) is 5.65 Å². The van der Waals surface area contributed by atoms with Crippen LogP contribution >= 0.6 is 0 Å². The van der Waals surface area contributed by atoms with E-state index in [2.05, 4.69) is 58.1 Å². The summed E-state index contributed by atoms with van der Waals surface area (Å²) in [6.45, 7) is 0. The first-order valence-electron chi connectivity index (χ1n) is 6.30. The first-order valence-corrected chi connectivity index (χ1v) is 6.30. The number of pyridine rings is 1. The Bertz CT molecular complexity index is 883. The minimum Gasteiger partial charge on any atom is -0.351 e. The van der Waals surface area contributed by atoms with E-state index in [0.717, 1.165) is 11.0 Å². The summed E-state index contributed by atoms with van der Waals surface area (Å²) in [6, 6.07) is 12.8. The van der Waals surface area contributed by atoms with Crippen molar-refractivity contribution in [3.05, 3.63) is 55.0 Å². The predicted molar refractivity (Wildman–Crippen MR) is 78.0 cm³/mol. The molecular formula is C16H13N3. The summed E-state index contributed by atoms with van der Waals surface area (Å²) in [5, 5.41) is 2.43. The van der Waals surface area contributed by atoms with Crippen LogP contribution in [0.25, 0.3) is 33.1 Å². The zero-order chi connectivity index (χ0) is 12.8. The molecule has 19 heavy (non-hydrogen) atoms. The molecule has 0 fully saturated rings. The zero-order valence-corrected chi connectivity index (χ0v) is 10.6. The number of H-pyrrole nitrogens is 1. The Hall–Kier alpha value is -2.55. The molecule has 0 saturated heterocycles. The van der Waals surface area contributed by atoms with E-state index in [4.69, 9.17) is 0 Å². The molecule has 3 aromatic heterocycles. The van der Waals surface area contributed by atoms with Gasteiger partial charge in [0.25, 0.3) is 0 Å². The van der Waals surface area contributed by atoms with Gasteiger partial charge < -0.3 is 9.55 Å². The summed E-state index contributed by atoms with van der Waals surface area (Å²) in [7, 11) is 2.07. The monoisotopic (exact) mass is 247 g/mol. The maximum Gasteiger partial charge on any atom is 0.137 e. The van der Waals surface area contributed by atoms with Gasteiger partial charge in [-0.25, -0.2) is 4.98 Å². The van der Waals surface area contributed by atoms with Crippen LogP contribution in [0.2, 0.25) is 0 Å². The number of benzene rings is 1. The van der Waals surface area contributed by atoms with Crippen LogP contribution in [-0.2, 0) is 7.05 Å². The largest absolute Gasteiger partial charge is 0.351 e. The van der Waals surface area contributed by atoms with Gasteiger partial charge in [-0.1, -0.05) is 6.07 Å². The van der Waals surface area contributed by atoms with Crippen LogP contribution in [0.5, 0.6) is 0 Å². The van der Waals surface area contributed by atoms with Crippen molar-refractivity contribution >= 4 is 21.9 Å². The SMILES string of the molecule is Cn1ccc2cc(-c3c[nH]c4ncccc34)ccc21. The number of nitrogens with one attached hydrogen (secondary N) is 1. The van der Waals surface area contributed by atoms with Crippen molar-refractivity contribution in [1.29, 1.82) is 0 Å². The molecule has 1 N–H and O–H groups in total. The summed E-state index contributed by atoms with van der Waals surface area (Å²) in [6.07, 6.45) is 5.93. The first-order chi connectivity index (χ1) is 9.33. The lowest BCUT2D eigenvalue weighted by atomic mass is 10.0. The van der Waals surface area contributed by atoms with Crippen molar-refractivity contribution in [2.45, 2.75) is 0 Å². The third-order valence-corrected chi connectivity index (χ3v) is 3.65. The second-order valence-electron chi connectivity index (χ2n) is 4.80. The highest BCUT2D eigenvalue weighted by Crippen LogP contribution is 2.30. The van der Waals surface area contributed by atoms with Crippen LogP contribution in [0, 0.1) is 0 Å². The molecule has 0 radical (unpaired) electrons. The highest BCUT2D eigenvalue weighted by molar-refractivity contribution is 5.96. The lowest BCUT2D eigenvalue weighted by molar-refractivity contribution is 0.969. The highest BCUT2D eigenvalue weighted by atomic mass is 14.9. The van der Waals surface area contributed by atoms with Crippen LogP contribution in [0.15, 0.2) is 55.0 Å². The quantitative estimate of drug-likeness (QED) is 0.546. The Labute approximate surface area is 110 Å². The molecule has 0 aliphatic carbocycles. The Morgan fingerprint density at radius 2 is 2.11 bits per heavy atom. The van der Waals surface area contributed by atoms with Crippen molar-refractivity contribution in [3.8, 4) is 11.1 Å². The van der Waals surface area contributed by atoms with Crippen LogP contribution < -0.4 is 0 Å². The van der Waals surface area contributed by atoms with Gasteiger partial charge >= 0.3 is 0 Å². The Balaban J connectivity index is 1.98. The normalized spacial score (nSPS) is 11.4. The van der Waals surface area contributed by atoms with Crippen LogP contribution in [0.4, 0.5) is 0 Å². The number of nitrogens with zero attached hydrogens (tertiary/aromatic N) is 2. The molecule has 0 amide bonds. The van der Waals surface area contributed by atoms with Gasteiger partial charge in [-0.2, -0.15) is 0 Å². The number of aromatic amines is 1. The average molecular weight is 247 g/mol. The lowest BCUT2D eigenvalue weighted by Crippen LogP contribution is -1.83. The summed E-state index contributed by atoms with van der Waals surface area (Å²) in [5.41, 5.74) is 4.61. The molecule has 0 unspecified atom stereocenters. The van der Waals surface area contributed by atoms with Crippen molar-refractivity contribution in [1.82, 2.24) is 14.5 Å². The molecule has 92 valence electrons. The molecule has 0 atom stereocenters. The smallest absolute Gasteiger partial charge is 0.137 e. The van der Waals surface area contributed by atoms with Crippen LogP contribution in [0.1, 0.15) is 0 Å². The van der Waals surface area contributed by atoms with E-state index in [9.17, 15) is 0 Å². The zero-order valence-electron chi connectivity index (χ0n) is 10.6. The molecule has 0 aliphatic heterocycles. The molecule has 0 aliphatic rings. The van der Waals surface area contributed by atoms with E-state index in [-0.39, 0.29) is 0 Å². The predicted octanol–water partition coefficient (Wildman–Crippen LogP) is 3.72. The second kappa shape index (κ2) is 3.72. The van der Waals surface area contributed by atoms with E-state index in [1.165, 1.54) is 22.0 Å². The molecule has 3 nitrogen and oxygen atoms in total. The van der Waals surface area contributed by atoms with E-state index in [0.29, 0.717) is 0 Å². The number of hydrogen-bond acceptors (Lipinski definition) is 1. The fourth-order valence-electron chi connectivity index (χ4n) is 2.64. The van der Waals surface area contributed by atoms with Crippen molar-refractivity contribution < 1.29 is 0 Å². The molecule has 0 saturated carbocycles. The minimum absolute atomic E-state index is 0.936. The lowest BCUT2D eigenvalue weighted by Gasteiger charge is -2.01. The molecular weight excluding hydrogens is 234 g/mol. The van der Waals surface area contributed by atoms with Gasteiger partial charge in [0.15, 0.2) is 0 Å². The summed E-state index contributed by atoms with van der Waals surface area (Å²) in [5.74, 6) is 0. The maximum absolute atomic E-state index is 4.33. The summed E-state index contributed by atoms with van der Waals surface area (Å²) >= 11 is 0. The number of hydrogen-bond donors (Lipinski definition) is 1. The second-order valence-corrected chi connectivity index (χ2v) is 4.80. The van der Waals surface area contributed by atoms with E-state index in [1.807, 2.05) is 18.5 Å². The van der Waals surface area contributed by atoms with Gasteiger partial charge in [0, 0.05) is 47.5 Å². The summed E-state index contributed by atoms with van der Waals surface area (Å²) < 4.78 is 2.13. The molecule has 4 rings (SSSR count). The highest BCUT2D eigenvalue weighted by Gasteiger charge is 2.07. The molecule has 0 spiro atoms. The van der Waals surface area contributed by atoms with Gasteiger partial charge in [-0.15, -0.1) is 0 Å². The Morgan fingerprint density at radius 3 is 3.05 bits per heavy atom. The standard InChI is InChI=1S/C16H13N3/c1-19-8-6-12-9-11(4-5-15(12)19)14-10-18-16-13(14)3-2-7-17-16/h2-10H,1H3,(H,17,18). The van der Waals surface area contributed by atoms with Gasteiger partial charge in [-0.3, -0.25) is 0 Å². The van der Waals surface area contributed by atoms with Gasteiger partial charge in [0.05, 0.1) is 0 Å². The maximum atomic E-state index is 4.33. The molecule has 0 bridgehead atoms. The minimum atomic E-state index is 0.936. The number of aromatic nitrogens is 3. The molecule has 1 aromatic carbocycles. The van der Waals surface area contributed by atoms with Crippen LogP contribution in [0.3, 0.4) is 0 Å².